The number of ether oxygens (including phenoxy) is 1. The van der Waals surface area contributed by atoms with E-state index in [-0.39, 0.29) is 22.9 Å². The van der Waals surface area contributed by atoms with Gasteiger partial charge in [0.2, 0.25) is 0 Å². The average molecular weight is 404 g/mol. The Morgan fingerprint density at radius 1 is 0.867 bits per heavy atom. The first-order valence-corrected chi connectivity index (χ1v) is 9.20. The molecule has 0 aliphatic carbocycles. The molecule has 0 aromatic heterocycles. The molecule has 0 bridgehead atoms. The van der Waals surface area contributed by atoms with E-state index in [0.29, 0.717) is 11.1 Å². The fourth-order valence-electron chi connectivity index (χ4n) is 2.92. The second-order valence-electron chi connectivity index (χ2n) is 6.94. The Hall–Kier alpha value is -4.00. The Bertz CT molecular complexity index is 1140. The zero-order valence-electron chi connectivity index (χ0n) is 16.8. The lowest BCUT2D eigenvalue weighted by molar-refractivity contribution is -0.385. The minimum Gasteiger partial charge on any atom is -0.423 e. The van der Waals surface area contributed by atoms with Crippen LogP contribution >= 0.6 is 0 Å². The van der Waals surface area contributed by atoms with Crippen molar-refractivity contribution in [2.45, 2.75) is 20.8 Å². The molecule has 7 nitrogen and oxygen atoms in total. The van der Waals surface area contributed by atoms with Crippen molar-refractivity contribution in [2.75, 3.05) is 5.32 Å². The number of nitro benzene ring substituents is 1. The van der Waals surface area contributed by atoms with Crippen LogP contribution in [0.25, 0.3) is 0 Å². The molecule has 0 atom stereocenters. The van der Waals surface area contributed by atoms with E-state index in [9.17, 15) is 19.7 Å². The standard InChI is InChI=1S/C23H20N2O5/c1-14-4-11-20(16(3)12-14)24-22(26)17-7-9-19(10-8-17)30-23(27)18-6-5-15(2)21(13-18)25(28)29/h4-13H,1-3H3,(H,24,26). The first-order valence-electron chi connectivity index (χ1n) is 9.20. The van der Waals surface area contributed by atoms with Crippen LogP contribution in [0.1, 0.15) is 37.4 Å². The highest BCUT2D eigenvalue weighted by Crippen LogP contribution is 2.22. The second-order valence-corrected chi connectivity index (χ2v) is 6.94. The first kappa shape index (κ1) is 20.7. The average Bonchev–Trinajstić information content (AvgIpc) is 2.70. The number of nitrogens with one attached hydrogen (secondary N) is 1. The van der Waals surface area contributed by atoms with Gasteiger partial charge in [-0.25, -0.2) is 4.79 Å². The van der Waals surface area contributed by atoms with Gasteiger partial charge < -0.3 is 10.1 Å². The van der Waals surface area contributed by atoms with Crippen LogP contribution in [-0.4, -0.2) is 16.8 Å². The zero-order chi connectivity index (χ0) is 21.8. The van der Waals surface area contributed by atoms with Crippen molar-refractivity contribution in [3.8, 4) is 5.75 Å². The van der Waals surface area contributed by atoms with Crippen LogP contribution in [0.3, 0.4) is 0 Å². The molecule has 1 amide bonds. The molecule has 3 aromatic rings. The number of aryl methyl sites for hydroxylation is 3. The zero-order valence-corrected chi connectivity index (χ0v) is 16.8. The topological polar surface area (TPSA) is 98.5 Å². The van der Waals surface area contributed by atoms with Gasteiger partial charge in [-0.3, -0.25) is 14.9 Å². The molecule has 7 heteroatoms. The lowest BCUT2D eigenvalue weighted by Crippen LogP contribution is -2.13. The third-order valence-corrected chi connectivity index (χ3v) is 4.60. The van der Waals surface area contributed by atoms with Gasteiger partial charge in [0.25, 0.3) is 11.6 Å². The van der Waals surface area contributed by atoms with Crippen molar-refractivity contribution < 1.29 is 19.2 Å². The molecule has 1 N–H and O–H groups in total. The Morgan fingerprint density at radius 3 is 2.17 bits per heavy atom. The van der Waals surface area contributed by atoms with Crippen LogP contribution in [0, 0.1) is 30.9 Å². The molecule has 152 valence electrons. The summed E-state index contributed by atoms with van der Waals surface area (Å²) in [6.45, 7) is 5.49. The molecule has 0 saturated heterocycles. The number of nitrogens with zero attached hydrogens (tertiary/aromatic N) is 1. The molecule has 0 saturated carbocycles. The summed E-state index contributed by atoms with van der Waals surface area (Å²) in [6.07, 6.45) is 0. The highest BCUT2D eigenvalue weighted by molar-refractivity contribution is 6.04. The highest BCUT2D eigenvalue weighted by Gasteiger charge is 2.17. The van der Waals surface area contributed by atoms with E-state index in [4.69, 9.17) is 4.74 Å². The van der Waals surface area contributed by atoms with Crippen LogP contribution < -0.4 is 10.1 Å². The largest absolute Gasteiger partial charge is 0.423 e. The van der Waals surface area contributed by atoms with Gasteiger partial charge in [-0.1, -0.05) is 23.8 Å². The molecule has 0 unspecified atom stereocenters. The fourth-order valence-corrected chi connectivity index (χ4v) is 2.92. The summed E-state index contributed by atoms with van der Waals surface area (Å²) in [5.41, 5.74) is 3.57. The van der Waals surface area contributed by atoms with E-state index in [1.54, 1.807) is 19.1 Å². The number of hydrogen-bond donors (Lipinski definition) is 1. The van der Waals surface area contributed by atoms with E-state index >= 15 is 0 Å². The van der Waals surface area contributed by atoms with Gasteiger partial charge in [-0.05, 0) is 62.7 Å². The molecule has 0 radical (unpaired) electrons. The van der Waals surface area contributed by atoms with Gasteiger partial charge in [0.1, 0.15) is 5.75 Å². The fraction of sp³-hybridized carbons (Fsp3) is 0.130. The summed E-state index contributed by atoms with van der Waals surface area (Å²) in [4.78, 5) is 35.3. The maximum absolute atomic E-state index is 12.5. The van der Waals surface area contributed by atoms with Crippen molar-refractivity contribution in [1.29, 1.82) is 0 Å². The van der Waals surface area contributed by atoms with Crippen LogP contribution in [0.5, 0.6) is 5.75 Å². The predicted octanol–water partition coefficient (Wildman–Crippen LogP) is 4.99. The number of esters is 1. The smallest absolute Gasteiger partial charge is 0.343 e. The molecule has 30 heavy (non-hydrogen) atoms. The summed E-state index contributed by atoms with van der Waals surface area (Å²) in [5.74, 6) is -0.772. The van der Waals surface area contributed by atoms with E-state index in [2.05, 4.69) is 5.32 Å². The molecule has 0 aliphatic heterocycles. The van der Waals surface area contributed by atoms with Gasteiger partial charge in [-0.15, -0.1) is 0 Å². The lowest BCUT2D eigenvalue weighted by atomic mass is 10.1. The number of carbonyl (C=O) groups excluding carboxylic acids is 2. The Balaban J connectivity index is 1.69. The number of rotatable bonds is 5. The van der Waals surface area contributed by atoms with Gasteiger partial charge >= 0.3 is 5.97 Å². The predicted molar refractivity (Wildman–Crippen MR) is 113 cm³/mol. The SMILES string of the molecule is Cc1ccc(NC(=O)c2ccc(OC(=O)c3ccc(C)c([N+](=O)[O-])c3)cc2)c(C)c1. The van der Waals surface area contributed by atoms with Crippen molar-refractivity contribution >= 4 is 23.3 Å². The van der Waals surface area contributed by atoms with Crippen LogP contribution in [0.4, 0.5) is 11.4 Å². The van der Waals surface area contributed by atoms with Crippen molar-refractivity contribution in [1.82, 2.24) is 0 Å². The second kappa shape index (κ2) is 8.57. The number of benzene rings is 3. The maximum atomic E-state index is 12.5. The van der Waals surface area contributed by atoms with Gasteiger partial charge in [-0.2, -0.15) is 0 Å². The normalized spacial score (nSPS) is 10.4. The van der Waals surface area contributed by atoms with Crippen molar-refractivity contribution in [3.63, 3.8) is 0 Å². The third kappa shape index (κ3) is 4.70. The van der Waals surface area contributed by atoms with E-state index < -0.39 is 10.9 Å². The van der Waals surface area contributed by atoms with Crippen LogP contribution in [-0.2, 0) is 0 Å². The maximum Gasteiger partial charge on any atom is 0.343 e. The quantitative estimate of drug-likeness (QED) is 0.279. The van der Waals surface area contributed by atoms with E-state index in [0.717, 1.165) is 16.8 Å². The number of carbonyl (C=O) groups is 2. The number of hydrogen-bond acceptors (Lipinski definition) is 5. The number of anilines is 1. The van der Waals surface area contributed by atoms with Crippen LogP contribution in [0.2, 0.25) is 0 Å². The molecule has 0 fully saturated rings. The molecule has 3 rings (SSSR count). The minimum atomic E-state index is -0.717. The lowest BCUT2D eigenvalue weighted by Gasteiger charge is -2.10. The first-order chi connectivity index (χ1) is 14.2. The van der Waals surface area contributed by atoms with Gasteiger partial charge in [0, 0.05) is 22.9 Å². The summed E-state index contributed by atoms with van der Waals surface area (Å²) < 4.78 is 5.27. The molecule has 3 aromatic carbocycles. The Morgan fingerprint density at radius 2 is 1.53 bits per heavy atom. The monoisotopic (exact) mass is 404 g/mol. The Kier molecular flexibility index (Phi) is 5.92. The summed E-state index contributed by atoms with van der Waals surface area (Å²) >= 11 is 0. The molecule has 0 spiro atoms. The molecular weight excluding hydrogens is 384 g/mol. The highest BCUT2D eigenvalue weighted by atomic mass is 16.6. The van der Waals surface area contributed by atoms with E-state index in [1.165, 1.54) is 30.3 Å². The molecule has 0 heterocycles. The Labute approximate surface area is 173 Å². The van der Waals surface area contributed by atoms with Gasteiger partial charge in [0.15, 0.2) is 0 Å². The summed E-state index contributed by atoms with van der Waals surface area (Å²) in [7, 11) is 0. The summed E-state index contributed by atoms with van der Waals surface area (Å²) in [6, 6.07) is 16.0. The third-order valence-electron chi connectivity index (χ3n) is 4.60. The minimum absolute atomic E-state index is 0.0731. The van der Waals surface area contributed by atoms with Gasteiger partial charge in [0.05, 0.1) is 10.5 Å². The molecule has 0 aliphatic rings. The van der Waals surface area contributed by atoms with Crippen molar-refractivity contribution in [3.05, 3.63) is 98.6 Å². The number of amides is 1. The van der Waals surface area contributed by atoms with Crippen molar-refractivity contribution in [2.24, 2.45) is 0 Å². The molecular formula is C23H20N2O5. The van der Waals surface area contributed by atoms with Crippen LogP contribution in [0.15, 0.2) is 60.7 Å². The van der Waals surface area contributed by atoms with E-state index in [1.807, 2.05) is 32.0 Å². The number of nitro groups is 1. The summed E-state index contributed by atoms with van der Waals surface area (Å²) in [5, 5.41) is 13.9.